The van der Waals surface area contributed by atoms with Gasteiger partial charge in [0.25, 0.3) is 11.8 Å². The number of carbonyl (C=O) groups excluding carboxylic acids is 2. The number of para-hydroxylation sites is 1. The lowest BCUT2D eigenvalue weighted by atomic mass is 10.2. The number of carbonyl (C=O) groups is 2. The molecule has 0 saturated carbocycles. The zero-order valence-corrected chi connectivity index (χ0v) is 13.5. The summed E-state index contributed by atoms with van der Waals surface area (Å²) in [6.07, 6.45) is -4.58. The molecule has 1 N–H and O–H groups in total. The second-order valence-corrected chi connectivity index (χ2v) is 5.67. The molecular formula is C17H9ClF4N2O2. The first-order chi connectivity index (χ1) is 12.2. The normalized spacial score (nSPS) is 15.0. The molecule has 1 heterocycles. The van der Waals surface area contributed by atoms with Crippen LogP contribution in [-0.2, 0) is 15.8 Å². The highest BCUT2D eigenvalue weighted by Crippen LogP contribution is 2.34. The van der Waals surface area contributed by atoms with E-state index < -0.39 is 40.1 Å². The number of hydrogen-bond acceptors (Lipinski definition) is 3. The van der Waals surface area contributed by atoms with E-state index in [1.54, 1.807) is 0 Å². The molecule has 0 spiro atoms. The number of nitrogens with zero attached hydrogens (tertiary/aromatic N) is 1. The van der Waals surface area contributed by atoms with Crippen LogP contribution in [0.5, 0.6) is 0 Å². The molecule has 2 amide bonds. The highest BCUT2D eigenvalue weighted by molar-refractivity contribution is 6.53. The third kappa shape index (κ3) is 3.15. The summed E-state index contributed by atoms with van der Waals surface area (Å²) >= 11 is 5.86. The van der Waals surface area contributed by atoms with Gasteiger partial charge in [-0.25, -0.2) is 9.29 Å². The molecule has 1 aliphatic heterocycles. The van der Waals surface area contributed by atoms with Crippen LogP contribution < -0.4 is 10.2 Å². The van der Waals surface area contributed by atoms with Crippen LogP contribution in [0.2, 0.25) is 0 Å². The van der Waals surface area contributed by atoms with E-state index in [1.807, 2.05) is 0 Å². The van der Waals surface area contributed by atoms with Crippen LogP contribution in [0.3, 0.4) is 0 Å². The minimum atomic E-state index is -4.58. The number of hydrogen-bond donors (Lipinski definition) is 1. The van der Waals surface area contributed by atoms with Crippen LogP contribution in [0.25, 0.3) is 0 Å². The van der Waals surface area contributed by atoms with Crippen molar-refractivity contribution < 1.29 is 27.2 Å². The van der Waals surface area contributed by atoms with Gasteiger partial charge in [-0.15, -0.1) is 0 Å². The van der Waals surface area contributed by atoms with Gasteiger partial charge in [0.1, 0.15) is 16.5 Å². The van der Waals surface area contributed by atoms with Crippen LogP contribution in [0.15, 0.2) is 59.3 Å². The van der Waals surface area contributed by atoms with Crippen molar-refractivity contribution in [1.82, 2.24) is 0 Å². The predicted molar refractivity (Wildman–Crippen MR) is 86.8 cm³/mol. The topological polar surface area (TPSA) is 49.4 Å². The maximum absolute atomic E-state index is 13.9. The van der Waals surface area contributed by atoms with E-state index in [1.165, 1.54) is 24.3 Å². The number of anilines is 2. The first kappa shape index (κ1) is 17.9. The van der Waals surface area contributed by atoms with Gasteiger partial charge in [-0.2, -0.15) is 13.2 Å². The molecule has 0 fully saturated rings. The van der Waals surface area contributed by atoms with Crippen LogP contribution in [-0.4, -0.2) is 11.8 Å². The van der Waals surface area contributed by atoms with E-state index in [0.717, 1.165) is 24.3 Å². The van der Waals surface area contributed by atoms with E-state index in [-0.39, 0.29) is 11.4 Å². The number of alkyl halides is 3. The van der Waals surface area contributed by atoms with Gasteiger partial charge in [-0.05, 0) is 30.3 Å². The molecule has 4 nitrogen and oxygen atoms in total. The fraction of sp³-hybridized carbons (Fsp3) is 0.0588. The zero-order chi connectivity index (χ0) is 19.1. The Labute approximate surface area is 149 Å². The van der Waals surface area contributed by atoms with Crippen molar-refractivity contribution in [1.29, 1.82) is 0 Å². The van der Waals surface area contributed by atoms with Crippen molar-refractivity contribution in [2.75, 3.05) is 10.2 Å². The molecule has 2 aromatic carbocycles. The molecule has 134 valence electrons. The molecule has 0 unspecified atom stereocenters. The molecule has 26 heavy (non-hydrogen) atoms. The minimum Gasteiger partial charge on any atom is -0.350 e. The Bertz CT molecular complexity index is 940. The lowest BCUT2D eigenvalue weighted by Gasteiger charge is -2.16. The van der Waals surface area contributed by atoms with Gasteiger partial charge < -0.3 is 5.32 Å². The first-order valence-electron chi connectivity index (χ1n) is 7.17. The summed E-state index contributed by atoms with van der Waals surface area (Å²) in [5.74, 6) is -2.77. The van der Waals surface area contributed by atoms with Gasteiger partial charge in [0, 0.05) is 5.69 Å². The Morgan fingerprint density at radius 1 is 0.962 bits per heavy atom. The second kappa shape index (κ2) is 6.45. The van der Waals surface area contributed by atoms with Gasteiger partial charge in [0.15, 0.2) is 0 Å². The third-order valence-electron chi connectivity index (χ3n) is 3.58. The number of halogens is 5. The zero-order valence-electron chi connectivity index (χ0n) is 12.8. The van der Waals surface area contributed by atoms with Crippen molar-refractivity contribution in [3.05, 3.63) is 70.6 Å². The predicted octanol–water partition coefficient (Wildman–Crippen LogP) is 4.28. The number of nitrogens with one attached hydrogen (secondary N) is 1. The average Bonchev–Trinajstić information content (AvgIpc) is 2.79. The number of imide groups is 1. The third-order valence-corrected chi connectivity index (χ3v) is 3.93. The molecule has 0 radical (unpaired) electrons. The minimum absolute atomic E-state index is 0.0930. The monoisotopic (exact) mass is 384 g/mol. The smallest absolute Gasteiger partial charge is 0.350 e. The van der Waals surface area contributed by atoms with Gasteiger partial charge in [-0.1, -0.05) is 29.8 Å². The van der Waals surface area contributed by atoms with E-state index >= 15 is 0 Å². The van der Waals surface area contributed by atoms with Crippen molar-refractivity contribution in [2.45, 2.75) is 6.18 Å². The standard InChI is InChI=1S/C17H9ClF4N2O2/c18-13-14(23-10-5-3-4-9(8-10)17(20,21)22)16(26)24(15(13)25)12-7-2-1-6-11(12)19/h1-8,23H. The summed E-state index contributed by atoms with van der Waals surface area (Å²) in [6.45, 7) is 0. The van der Waals surface area contributed by atoms with Gasteiger partial charge in [0.2, 0.25) is 0 Å². The summed E-state index contributed by atoms with van der Waals surface area (Å²) in [6, 6.07) is 9.09. The molecule has 0 atom stereocenters. The molecule has 3 rings (SSSR count). The van der Waals surface area contributed by atoms with Crippen molar-refractivity contribution in [2.24, 2.45) is 0 Å². The number of rotatable bonds is 3. The Hall–Kier alpha value is -2.87. The van der Waals surface area contributed by atoms with Crippen LogP contribution in [0.4, 0.5) is 28.9 Å². The molecule has 9 heteroatoms. The summed E-state index contributed by atoms with van der Waals surface area (Å²) in [7, 11) is 0. The molecule has 0 bridgehead atoms. The van der Waals surface area contributed by atoms with Gasteiger partial charge in [-0.3, -0.25) is 9.59 Å². The Kier molecular flexibility index (Phi) is 4.45. The lowest BCUT2D eigenvalue weighted by Crippen LogP contribution is -2.33. The van der Waals surface area contributed by atoms with E-state index in [9.17, 15) is 27.2 Å². The first-order valence-corrected chi connectivity index (χ1v) is 7.55. The summed E-state index contributed by atoms with van der Waals surface area (Å²) in [5.41, 5.74) is -1.77. The van der Waals surface area contributed by atoms with E-state index in [0.29, 0.717) is 4.90 Å². The van der Waals surface area contributed by atoms with Crippen LogP contribution in [0.1, 0.15) is 5.56 Å². The number of benzene rings is 2. The van der Waals surface area contributed by atoms with E-state index in [4.69, 9.17) is 11.6 Å². The van der Waals surface area contributed by atoms with Gasteiger partial charge >= 0.3 is 6.18 Å². The molecule has 2 aromatic rings. The van der Waals surface area contributed by atoms with Crippen molar-refractivity contribution in [3.8, 4) is 0 Å². The van der Waals surface area contributed by atoms with Gasteiger partial charge in [0.05, 0.1) is 11.3 Å². The molecule has 0 aromatic heterocycles. The fourth-order valence-corrected chi connectivity index (χ4v) is 2.59. The highest BCUT2D eigenvalue weighted by Gasteiger charge is 2.40. The Morgan fingerprint density at radius 2 is 1.65 bits per heavy atom. The number of amides is 2. The maximum atomic E-state index is 13.9. The summed E-state index contributed by atoms with van der Waals surface area (Å²) < 4.78 is 52.3. The molecular weight excluding hydrogens is 376 g/mol. The largest absolute Gasteiger partial charge is 0.416 e. The quantitative estimate of drug-likeness (QED) is 0.634. The average molecular weight is 385 g/mol. The molecule has 0 aliphatic carbocycles. The maximum Gasteiger partial charge on any atom is 0.416 e. The Balaban J connectivity index is 1.93. The second-order valence-electron chi connectivity index (χ2n) is 5.29. The summed E-state index contributed by atoms with van der Waals surface area (Å²) in [5, 5.41) is 1.87. The lowest BCUT2D eigenvalue weighted by molar-refractivity contribution is -0.137. The molecule has 1 aliphatic rings. The fourth-order valence-electron chi connectivity index (χ4n) is 2.38. The van der Waals surface area contributed by atoms with E-state index in [2.05, 4.69) is 5.32 Å². The van der Waals surface area contributed by atoms with Crippen LogP contribution >= 0.6 is 11.6 Å². The van der Waals surface area contributed by atoms with Crippen LogP contribution in [0, 0.1) is 5.82 Å². The van der Waals surface area contributed by atoms with Crippen molar-refractivity contribution >= 4 is 34.8 Å². The summed E-state index contributed by atoms with van der Waals surface area (Å²) in [4.78, 5) is 25.2. The molecule has 0 saturated heterocycles. The highest BCUT2D eigenvalue weighted by atomic mass is 35.5. The van der Waals surface area contributed by atoms with Crippen molar-refractivity contribution in [3.63, 3.8) is 0 Å². The SMILES string of the molecule is O=C1C(Cl)=C(Nc2cccc(C(F)(F)F)c2)C(=O)N1c1ccccc1F. The Morgan fingerprint density at radius 3 is 2.31 bits per heavy atom.